The van der Waals surface area contributed by atoms with E-state index < -0.39 is 0 Å². The molecule has 2 rings (SSSR count). The van der Waals surface area contributed by atoms with Gasteiger partial charge in [-0.2, -0.15) is 0 Å². The maximum Gasteiger partial charge on any atom is 0.0550 e. The number of benzene rings is 1. The van der Waals surface area contributed by atoms with Gasteiger partial charge in [-0.1, -0.05) is 12.1 Å². The van der Waals surface area contributed by atoms with Crippen LogP contribution >= 0.6 is 11.5 Å². The third-order valence-corrected chi connectivity index (χ3v) is 2.40. The molecule has 0 fully saturated rings. The maximum atomic E-state index is 5.65. The summed E-state index contributed by atoms with van der Waals surface area (Å²) in [6, 6.07) is 9.80. The van der Waals surface area contributed by atoms with Crippen LogP contribution in [0.4, 0.5) is 5.69 Å². The van der Waals surface area contributed by atoms with Gasteiger partial charge < -0.3 is 5.73 Å². The Morgan fingerprint density at radius 2 is 2.17 bits per heavy atom. The molecule has 60 valence electrons. The number of rotatable bonds is 1. The van der Waals surface area contributed by atoms with Gasteiger partial charge in [0.2, 0.25) is 0 Å². The zero-order chi connectivity index (χ0) is 8.39. The van der Waals surface area contributed by atoms with Gasteiger partial charge in [-0.3, -0.25) is 0 Å². The van der Waals surface area contributed by atoms with Crippen LogP contribution in [0.1, 0.15) is 0 Å². The van der Waals surface area contributed by atoms with Gasteiger partial charge in [0.15, 0.2) is 0 Å². The Morgan fingerprint density at radius 1 is 1.25 bits per heavy atom. The highest BCUT2D eigenvalue weighted by molar-refractivity contribution is 7.09. The Hall–Kier alpha value is -1.35. The molecule has 1 aromatic heterocycles. The number of aromatic nitrogens is 1. The lowest BCUT2D eigenvalue weighted by molar-refractivity contribution is 1.58. The van der Waals surface area contributed by atoms with Crippen molar-refractivity contribution in [3.05, 3.63) is 36.5 Å². The zero-order valence-electron chi connectivity index (χ0n) is 6.40. The predicted molar refractivity (Wildman–Crippen MR) is 52.0 cm³/mol. The second kappa shape index (κ2) is 2.95. The van der Waals surface area contributed by atoms with Crippen LogP contribution in [0.5, 0.6) is 0 Å². The summed E-state index contributed by atoms with van der Waals surface area (Å²) in [4.78, 5) is 1.15. The fourth-order valence-electron chi connectivity index (χ4n) is 1.06. The van der Waals surface area contributed by atoms with Crippen molar-refractivity contribution in [3.63, 3.8) is 0 Å². The molecule has 0 aliphatic carbocycles. The number of nitrogen functional groups attached to an aromatic ring is 1. The largest absolute Gasteiger partial charge is 0.399 e. The van der Waals surface area contributed by atoms with Crippen molar-refractivity contribution >= 4 is 17.2 Å². The van der Waals surface area contributed by atoms with Crippen LogP contribution in [0.25, 0.3) is 10.4 Å². The molecule has 12 heavy (non-hydrogen) atoms. The van der Waals surface area contributed by atoms with Crippen LogP contribution in [0.3, 0.4) is 0 Å². The van der Waals surface area contributed by atoms with E-state index in [1.165, 1.54) is 11.5 Å². The van der Waals surface area contributed by atoms with Crippen LogP contribution < -0.4 is 5.73 Å². The molecule has 0 saturated heterocycles. The highest BCUT2D eigenvalue weighted by atomic mass is 32.1. The molecule has 3 heteroatoms. The van der Waals surface area contributed by atoms with Crippen LogP contribution in [-0.4, -0.2) is 4.37 Å². The molecule has 1 heterocycles. The Balaban J connectivity index is 2.48. The summed E-state index contributed by atoms with van der Waals surface area (Å²) in [5.41, 5.74) is 7.58. The molecule has 0 atom stereocenters. The van der Waals surface area contributed by atoms with Crippen molar-refractivity contribution < 1.29 is 0 Å². The van der Waals surface area contributed by atoms with Crippen molar-refractivity contribution in [2.75, 3.05) is 5.73 Å². The van der Waals surface area contributed by atoms with Gasteiger partial charge in [-0.25, -0.2) is 4.37 Å². The van der Waals surface area contributed by atoms with E-state index in [9.17, 15) is 0 Å². The SMILES string of the molecule is Nc1cccc(-c2ccns2)c1. The van der Waals surface area contributed by atoms with Crippen LogP contribution in [0.15, 0.2) is 36.5 Å². The molecule has 0 saturated carbocycles. The van der Waals surface area contributed by atoms with Gasteiger partial charge in [0.1, 0.15) is 0 Å². The van der Waals surface area contributed by atoms with E-state index in [2.05, 4.69) is 4.37 Å². The Labute approximate surface area is 74.8 Å². The minimum atomic E-state index is 0.793. The van der Waals surface area contributed by atoms with Gasteiger partial charge in [0.05, 0.1) is 4.88 Å². The lowest BCUT2D eigenvalue weighted by atomic mass is 10.2. The molecule has 2 N–H and O–H groups in total. The molecule has 0 aliphatic rings. The summed E-state index contributed by atoms with van der Waals surface area (Å²) in [5.74, 6) is 0. The zero-order valence-corrected chi connectivity index (χ0v) is 7.21. The molecule has 0 aliphatic heterocycles. The second-order valence-corrected chi connectivity index (χ2v) is 3.34. The summed E-state index contributed by atoms with van der Waals surface area (Å²) in [5, 5.41) is 0. The third-order valence-electron chi connectivity index (χ3n) is 1.61. The quantitative estimate of drug-likeness (QED) is 0.677. The summed E-state index contributed by atoms with van der Waals surface area (Å²) in [6.45, 7) is 0. The van der Waals surface area contributed by atoms with E-state index in [0.717, 1.165) is 16.1 Å². The smallest absolute Gasteiger partial charge is 0.0550 e. The lowest BCUT2D eigenvalue weighted by Gasteiger charge is -1.96. The topological polar surface area (TPSA) is 38.9 Å². The first-order chi connectivity index (χ1) is 5.86. The van der Waals surface area contributed by atoms with Gasteiger partial charge in [-0.05, 0) is 35.3 Å². The second-order valence-electron chi connectivity index (χ2n) is 2.50. The van der Waals surface area contributed by atoms with Crippen molar-refractivity contribution in [1.82, 2.24) is 4.37 Å². The molecule has 2 aromatic rings. The molecular formula is C9H8N2S. The maximum absolute atomic E-state index is 5.65. The van der Waals surface area contributed by atoms with E-state index in [4.69, 9.17) is 5.73 Å². The van der Waals surface area contributed by atoms with E-state index in [1.54, 1.807) is 6.20 Å². The normalized spacial score (nSPS) is 10.0. The predicted octanol–water partition coefficient (Wildman–Crippen LogP) is 2.39. The highest BCUT2D eigenvalue weighted by Crippen LogP contribution is 2.23. The van der Waals surface area contributed by atoms with E-state index in [0.29, 0.717) is 0 Å². The van der Waals surface area contributed by atoms with Gasteiger partial charge in [-0.15, -0.1) is 0 Å². The lowest BCUT2D eigenvalue weighted by Crippen LogP contribution is -1.83. The van der Waals surface area contributed by atoms with E-state index in [1.807, 2.05) is 30.3 Å². The number of anilines is 1. The van der Waals surface area contributed by atoms with Gasteiger partial charge in [0.25, 0.3) is 0 Å². The average Bonchev–Trinajstić information content (AvgIpc) is 2.56. The molecule has 0 unspecified atom stereocenters. The van der Waals surface area contributed by atoms with Crippen LogP contribution in [0.2, 0.25) is 0 Å². The monoisotopic (exact) mass is 176 g/mol. The van der Waals surface area contributed by atoms with Crippen LogP contribution in [0, 0.1) is 0 Å². The Kier molecular flexibility index (Phi) is 1.80. The minimum Gasteiger partial charge on any atom is -0.399 e. The first-order valence-electron chi connectivity index (χ1n) is 3.63. The van der Waals surface area contributed by atoms with E-state index in [-0.39, 0.29) is 0 Å². The molecular weight excluding hydrogens is 168 g/mol. The fraction of sp³-hybridized carbons (Fsp3) is 0. The summed E-state index contributed by atoms with van der Waals surface area (Å²) in [6.07, 6.45) is 1.79. The van der Waals surface area contributed by atoms with E-state index >= 15 is 0 Å². The van der Waals surface area contributed by atoms with Crippen molar-refractivity contribution in [1.29, 1.82) is 0 Å². The highest BCUT2D eigenvalue weighted by Gasteiger charge is 1.97. The molecule has 1 aromatic carbocycles. The molecule has 0 amide bonds. The number of nitrogens with two attached hydrogens (primary N) is 1. The standard InChI is InChI=1S/C9H8N2S/c10-8-3-1-2-7(6-8)9-4-5-11-12-9/h1-6H,10H2. The van der Waals surface area contributed by atoms with Crippen LogP contribution in [-0.2, 0) is 0 Å². The summed E-state index contributed by atoms with van der Waals surface area (Å²) >= 11 is 1.48. The Bertz CT molecular complexity index is 368. The molecule has 0 spiro atoms. The number of hydrogen-bond donors (Lipinski definition) is 1. The number of hydrogen-bond acceptors (Lipinski definition) is 3. The van der Waals surface area contributed by atoms with Gasteiger partial charge in [0, 0.05) is 11.9 Å². The van der Waals surface area contributed by atoms with Crippen molar-refractivity contribution in [2.45, 2.75) is 0 Å². The first-order valence-corrected chi connectivity index (χ1v) is 4.40. The third kappa shape index (κ3) is 1.31. The minimum absolute atomic E-state index is 0.793. The molecule has 2 nitrogen and oxygen atoms in total. The first kappa shape index (κ1) is 7.31. The Morgan fingerprint density at radius 3 is 2.83 bits per heavy atom. The summed E-state index contributed by atoms with van der Waals surface area (Å²) in [7, 11) is 0. The number of nitrogens with zero attached hydrogens (tertiary/aromatic N) is 1. The van der Waals surface area contributed by atoms with Crippen molar-refractivity contribution in [2.24, 2.45) is 0 Å². The average molecular weight is 176 g/mol. The molecule has 0 radical (unpaired) electrons. The summed E-state index contributed by atoms with van der Waals surface area (Å²) < 4.78 is 4.03. The molecule has 0 bridgehead atoms. The fourth-order valence-corrected chi connectivity index (χ4v) is 1.65. The van der Waals surface area contributed by atoms with Crippen molar-refractivity contribution in [3.8, 4) is 10.4 Å². The van der Waals surface area contributed by atoms with Gasteiger partial charge >= 0.3 is 0 Å².